The molecule has 5 heteroatoms. The summed E-state index contributed by atoms with van der Waals surface area (Å²) >= 11 is 3.34. The van der Waals surface area contributed by atoms with Gasteiger partial charge in [0.25, 0.3) is 5.91 Å². The average molecular weight is 348 g/mol. The van der Waals surface area contributed by atoms with E-state index >= 15 is 0 Å². The third-order valence-electron chi connectivity index (χ3n) is 3.42. The summed E-state index contributed by atoms with van der Waals surface area (Å²) in [6.45, 7) is 4.87. The molecule has 0 unspecified atom stereocenters. The molecule has 0 aliphatic rings. The van der Waals surface area contributed by atoms with Crippen LogP contribution in [-0.2, 0) is 0 Å². The van der Waals surface area contributed by atoms with E-state index in [4.69, 9.17) is 0 Å². The molecule has 4 nitrogen and oxygen atoms in total. The van der Waals surface area contributed by atoms with E-state index in [1.54, 1.807) is 24.7 Å². The molecule has 2 heterocycles. The van der Waals surface area contributed by atoms with Gasteiger partial charge in [0.1, 0.15) is 0 Å². The van der Waals surface area contributed by atoms with E-state index in [-0.39, 0.29) is 11.8 Å². The molecule has 1 amide bonds. The van der Waals surface area contributed by atoms with Crippen LogP contribution in [0.25, 0.3) is 0 Å². The Morgan fingerprint density at radius 2 is 2.00 bits per heavy atom. The SMILES string of the molecule is CC(C)[C@@H](CNC(=O)c1ccncc1Br)c1cccnc1. The summed E-state index contributed by atoms with van der Waals surface area (Å²) in [5.41, 5.74) is 1.74. The van der Waals surface area contributed by atoms with Gasteiger partial charge in [-0.05, 0) is 39.5 Å². The fourth-order valence-electron chi connectivity index (χ4n) is 2.19. The fraction of sp³-hybridized carbons (Fsp3) is 0.312. The highest BCUT2D eigenvalue weighted by atomic mass is 79.9. The van der Waals surface area contributed by atoms with Gasteiger partial charge in [-0.25, -0.2) is 0 Å². The van der Waals surface area contributed by atoms with Gasteiger partial charge in [0.15, 0.2) is 0 Å². The minimum absolute atomic E-state index is 0.0983. The van der Waals surface area contributed by atoms with Crippen LogP contribution in [0.3, 0.4) is 0 Å². The van der Waals surface area contributed by atoms with E-state index in [1.807, 2.05) is 18.3 Å². The summed E-state index contributed by atoms with van der Waals surface area (Å²) in [5, 5.41) is 3.00. The van der Waals surface area contributed by atoms with Crippen molar-refractivity contribution in [2.24, 2.45) is 5.92 Å². The first kappa shape index (κ1) is 15.6. The molecule has 1 N–H and O–H groups in total. The lowest BCUT2D eigenvalue weighted by Gasteiger charge is -2.21. The standard InChI is InChI=1S/C16H18BrN3O/c1-11(2)14(12-4-3-6-18-8-12)9-20-16(21)13-5-7-19-10-15(13)17/h3-8,10-11,14H,9H2,1-2H3,(H,20,21)/t14-/m1/s1. The van der Waals surface area contributed by atoms with Crippen LogP contribution in [0.1, 0.15) is 35.7 Å². The number of aromatic nitrogens is 2. The molecule has 0 aliphatic heterocycles. The van der Waals surface area contributed by atoms with Crippen molar-refractivity contribution in [3.63, 3.8) is 0 Å². The van der Waals surface area contributed by atoms with Crippen molar-refractivity contribution in [2.45, 2.75) is 19.8 Å². The molecule has 0 aliphatic carbocycles. The van der Waals surface area contributed by atoms with Gasteiger partial charge in [0.05, 0.1) is 5.56 Å². The minimum Gasteiger partial charge on any atom is -0.351 e. The van der Waals surface area contributed by atoms with E-state index < -0.39 is 0 Å². The topological polar surface area (TPSA) is 54.9 Å². The van der Waals surface area contributed by atoms with Crippen LogP contribution in [0.4, 0.5) is 0 Å². The number of halogens is 1. The Kier molecular flexibility index (Phi) is 5.44. The number of pyridine rings is 2. The monoisotopic (exact) mass is 347 g/mol. The minimum atomic E-state index is -0.0983. The Morgan fingerprint density at radius 1 is 1.24 bits per heavy atom. The number of amides is 1. The molecule has 110 valence electrons. The van der Waals surface area contributed by atoms with Crippen LogP contribution >= 0.6 is 15.9 Å². The van der Waals surface area contributed by atoms with Crippen LogP contribution in [0.2, 0.25) is 0 Å². The Balaban J connectivity index is 2.06. The molecule has 2 rings (SSSR count). The first-order valence-corrected chi connectivity index (χ1v) is 7.66. The summed E-state index contributed by atoms with van der Waals surface area (Å²) in [6, 6.07) is 5.67. The number of hydrogen-bond donors (Lipinski definition) is 1. The molecule has 2 aromatic rings. The molecule has 0 spiro atoms. The third kappa shape index (κ3) is 4.11. The maximum Gasteiger partial charge on any atom is 0.252 e. The van der Waals surface area contributed by atoms with Crippen molar-refractivity contribution in [3.05, 3.63) is 58.6 Å². The zero-order valence-corrected chi connectivity index (χ0v) is 13.7. The summed E-state index contributed by atoms with van der Waals surface area (Å²) in [4.78, 5) is 20.4. The Bertz CT molecular complexity index is 601. The predicted octanol–water partition coefficient (Wildman–Crippen LogP) is 3.41. The number of nitrogens with one attached hydrogen (secondary N) is 1. The van der Waals surface area contributed by atoms with Gasteiger partial charge in [0, 0.05) is 41.7 Å². The van der Waals surface area contributed by atoms with Crippen molar-refractivity contribution >= 4 is 21.8 Å². The molecule has 2 aromatic heterocycles. The second-order valence-corrected chi connectivity index (χ2v) is 6.06. The summed E-state index contributed by atoms with van der Waals surface area (Å²) in [7, 11) is 0. The highest BCUT2D eigenvalue weighted by Crippen LogP contribution is 2.23. The van der Waals surface area contributed by atoms with E-state index in [0.29, 0.717) is 22.5 Å². The lowest BCUT2D eigenvalue weighted by atomic mass is 9.89. The van der Waals surface area contributed by atoms with Crippen LogP contribution < -0.4 is 5.32 Å². The molecule has 0 fully saturated rings. The number of carbonyl (C=O) groups excluding carboxylic acids is 1. The molecule has 1 atom stereocenters. The number of rotatable bonds is 5. The normalized spacial score (nSPS) is 12.2. The number of hydrogen-bond acceptors (Lipinski definition) is 3. The molecule has 0 radical (unpaired) electrons. The molecule has 0 aromatic carbocycles. The molecule has 0 saturated heterocycles. The zero-order valence-electron chi connectivity index (χ0n) is 12.1. The van der Waals surface area contributed by atoms with Crippen molar-refractivity contribution in [1.82, 2.24) is 15.3 Å². The van der Waals surface area contributed by atoms with Gasteiger partial charge in [-0.1, -0.05) is 19.9 Å². The van der Waals surface area contributed by atoms with Crippen molar-refractivity contribution in [2.75, 3.05) is 6.54 Å². The van der Waals surface area contributed by atoms with E-state index in [1.165, 1.54) is 0 Å². The van der Waals surface area contributed by atoms with Crippen LogP contribution in [0.5, 0.6) is 0 Å². The highest BCUT2D eigenvalue weighted by Gasteiger charge is 2.18. The van der Waals surface area contributed by atoms with E-state index in [0.717, 1.165) is 5.56 Å². The lowest BCUT2D eigenvalue weighted by Crippen LogP contribution is -2.30. The molecule has 21 heavy (non-hydrogen) atoms. The van der Waals surface area contributed by atoms with Gasteiger partial charge in [-0.3, -0.25) is 14.8 Å². The van der Waals surface area contributed by atoms with E-state index in [9.17, 15) is 4.79 Å². The van der Waals surface area contributed by atoms with Crippen molar-refractivity contribution in [3.8, 4) is 0 Å². The Labute approximate surface area is 133 Å². The highest BCUT2D eigenvalue weighted by molar-refractivity contribution is 9.10. The van der Waals surface area contributed by atoms with Crippen molar-refractivity contribution < 1.29 is 4.79 Å². The summed E-state index contributed by atoms with van der Waals surface area (Å²) in [5.74, 6) is 0.553. The smallest absolute Gasteiger partial charge is 0.252 e. The van der Waals surface area contributed by atoms with Gasteiger partial charge >= 0.3 is 0 Å². The van der Waals surface area contributed by atoms with Crippen LogP contribution in [-0.4, -0.2) is 22.4 Å². The molecular formula is C16H18BrN3O. The zero-order chi connectivity index (χ0) is 15.2. The quantitative estimate of drug-likeness (QED) is 0.901. The first-order chi connectivity index (χ1) is 10.1. The number of carbonyl (C=O) groups is 1. The maximum atomic E-state index is 12.2. The summed E-state index contributed by atoms with van der Waals surface area (Å²) in [6.07, 6.45) is 6.85. The maximum absolute atomic E-state index is 12.2. The van der Waals surface area contributed by atoms with Crippen molar-refractivity contribution in [1.29, 1.82) is 0 Å². The van der Waals surface area contributed by atoms with Crippen LogP contribution in [0.15, 0.2) is 47.5 Å². The predicted molar refractivity (Wildman–Crippen MR) is 86.1 cm³/mol. The van der Waals surface area contributed by atoms with Gasteiger partial charge in [0.2, 0.25) is 0 Å². The third-order valence-corrected chi connectivity index (χ3v) is 4.05. The Hall–Kier alpha value is -1.75. The second kappa shape index (κ2) is 7.31. The van der Waals surface area contributed by atoms with Gasteiger partial charge in [-0.15, -0.1) is 0 Å². The fourth-order valence-corrected chi connectivity index (χ4v) is 2.62. The first-order valence-electron chi connectivity index (χ1n) is 6.87. The van der Waals surface area contributed by atoms with E-state index in [2.05, 4.69) is 45.1 Å². The van der Waals surface area contributed by atoms with Gasteiger partial charge in [-0.2, -0.15) is 0 Å². The number of nitrogens with zero attached hydrogens (tertiary/aromatic N) is 2. The summed E-state index contributed by atoms with van der Waals surface area (Å²) < 4.78 is 0.699. The van der Waals surface area contributed by atoms with Crippen LogP contribution in [0, 0.1) is 5.92 Å². The average Bonchev–Trinajstić information content (AvgIpc) is 2.48. The van der Waals surface area contributed by atoms with Gasteiger partial charge < -0.3 is 5.32 Å². The lowest BCUT2D eigenvalue weighted by molar-refractivity contribution is 0.0948. The Morgan fingerprint density at radius 3 is 2.62 bits per heavy atom. The second-order valence-electron chi connectivity index (χ2n) is 5.20. The molecule has 0 saturated carbocycles. The largest absolute Gasteiger partial charge is 0.351 e. The molecule has 0 bridgehead atoms. The molecular weight excluding hydrogens is 330 g/mol.